The molecule has 0 radical (unpaired) electrons. The third-order valence-electron chi connectivity index (χ3n) is 4.30. The van der Waals surface area contributed by atoms with Crippen LogP contribution in [0.3, 0.4) is 0 Å². The van der Waals surface area contributed by atoms with E-state index in [1.54, 1.807) is 6.08 Å². The summed E-state index contributed by atoms with van der Waals surface area (Å²) in [6, 6.07) is 19.1. The van der Waals surface area contributed by atoms with E-state index in [-0.39, 0.29) is 5.91 Å². The van der Waals surface area contributed by atoms with Gasteiger partial charge in [-0.05, 0) is 49.2 Å². The van der Waals surface area contributed by atoms with Crippen molar-refractivity contribution in [2.24, 2.45) is 0 Å². The van der Waals surface area contributed by atoms with E-state index in [2.05, 4.69) is 17.2 Å². The largest absolute Gasteiger partial charge is 0.449 e. The number of esters is 1. The van der Waals surface area contributed by atoms with Crippen molar-refractivity contribution >= 4 is 34.5 Å². The molecule has 0 fully saturated rings. The van der Waals surface area contributed by atoms with Crippen LogP contribution in [-0.4, -0.2) is 23.0 Å². The molecule has 0 unspecified atom stereocenters. The lowest BCUT2D eigenvalue weighted by molar-refractivity contribution is -0.148. The molecule has 28 heavy (non-hydrogen) atoms. The van der Waals surface area contributed by atoms with E-state index in [9.17, 15) is 9.59 Å². The summed E-state index contributed by atoms with van der Waals surface area (Å²) >= 11 is 0. The molecule has 142 valence electrons. The van der Waals surface area contributed by atoms with Crippen LogP contribution in [-0.2, 0) is 20.7 Å². The fourth-order valence-corrected chi connectivity index (χ4v) is 2.66. The van der Waals surface area contributed by atoms with Crippen molar-refractivity contribution < 1.29 is 14.3 Å². The SMILES string of the molecule is CCc1ccc(NC(=O)[C@@H](C)OC(=O)/C=C/c2ccc3ccccc3n2)cc1. The third kappa shape index (κ3) is 5.04. The molecule has 0 aliphatic carbocycles. The molecular formula is C23H22N2O3. The Morgan fingerprint density at radius 2 is 1.82 bits per heavy atom. The summed E-state index contributed by atoms with van der Waals surface area (Å²) in [5.41, 5.74) is 3.34. The first-order valence-electron chi connectivity index (χ1n) is 9.19. The van der Waals surface area contributed by atoms with Gasteiger partial charge in [0.2, 0.25) is 0 Å². The van der Waals surface area contributed by atoms with E-state index >= 15 is 0 Å². The van der Waals surface area contributed by atoms with Gasteiger partial charge in [-0.3, -0.25) is 4.79 Å². The highest BCUT2D eigenvalue weighted by molar-refractivity contribution is 5.96. The molecule has 0 aliphatic rings. The van der Waals surface area contributed by atoms with Gasteiger partial charge in [0.05, 0.1) is 11.2 Å². The number of rotatable bonds is 6. The second-order valence-electron chi connectivity index (χ2n) is 6.38. The predicted molar refractivity (Wildman–Crippen MR) is 111 cm³/mol. The molecule has 0 saturated heterocycles. The van der Waals surface area contributed by atoms with Crippen LogP contribution in [0.25, 0.3) is 17.0 Å². The fourth-order valence-electron chi connectivity index (χ4n) is 2.66. The molecular weight excluding hydrogens is 352 g/mol. The average molecular weight is 374 g/mol. The number of para-hydroxylation sites is 1. The molecule has 1 heterocycles. The molecule has 1 N–H and O–H groups in total. The number of fused-ring (bicyclic) bond motifs is 1. The van der Waals surface area contributed by atoms with Crippen molar-refractivity contribution in [3.05, 3.63) is 78.0 Å². The molecule has 3 rings (SSSR count). The molecule has 5 heteroatoms. The second-order valence-corrected chi connectivity index (χ2v) is 6.38. The van der Waals surface area contributed by atoms with E-state index in [4.69, 9.17) is 4.74 Å². The standard InChI is InChI=1S/C23H22N2O3/c1-3-17-8-11-20(12-9-17)25-23(27)16(2)28-22(26)15-14-19-13-10-18-6-4-5-7-21(18)24-19/h4-16H,3H2,1-2H3,(H,25,27)/b15-14+/t16-/m1/s1. The van der Waals surface area contributed by atoms with Crippen LogP contribution >= 0.6 is 0 Å². The Morgan fingerprint density at radius 1 is 1.07 bits per heavy atom. The van der Waals surface area contributed by atoms with Crippen LogP contribution in [0.2, 0.25) is 0 Å². The normalized spacial score (nSPS) is 12.1. The van der Waals surface area contributed by atoms with E-state index in [1.165, 1.54) is 18.6 Å². The number of nitrogens with one attached hydrogen (secondary N) is 1. The number of hydrogen-bond acceptors (Lipinski definition) is 4. The first-order valence-corrected chi connectivity index (χ1v) is 9.19. The van der Waals surface area contributed by atoms with Gasteiger partial charge in [-0.1, -0.05) is 43.3 Å². The van der Waals surface area contributed by atoms with Crippen molar-refractivity contribution in [3.63, 3.8) is 0 Å². The highest BCUT2D eigenvalue weighted by Crippen LogP contribution is 2.13. The summed E-state index contributed by atoms with van der Waals surface area (Å²) in [4.78, 5) is 28.7. The van der Waals surface area contributed by atoms with Crippen molar-refractivity contribution in [3.8, 4) is 0 Å². The lowest BCUT2D eigenvalue weighted by atomic mass is 10.1. The monoisotopic (exact) mass is 374 g/mol. The van der Waals surface area contributed by atoms with Gasteiger partial charge in [0.25, 0.3) is 5.91 Å². The molecule has 0 saturated carbocycles. The molecule has 1 atom stereocenters. The van der Waals surface area contributed by atoms with Crippen molar-refractivity contribution in [2.45, 2.75) is 26.4 Å². The minimum atomic E-state index is -0.910. The summed E-state index contributed by atoms with van der Waals surface area (Å²) in [5.74, 6) is -0.978. The van der Waals surface area contributed by atoms with Gasteiger partial charge >= 0.3 is 5.97 Å². The van der Waals surface area contributed by atoms with Crippen LogP contribution < -0.4 is 5.32 Å². The molecule has 1 amide bonds. The first-order chi connectivity index (χ1) is 13.5. The zero-order valence-electron chi connectivity index (χ0n) is 15.9. The number of benzene rings is 2. The Bertz CT molecular complexity index is 1010. The number of nitrogens with zero attached hydrogens (tertiary/aromatic N) is 1. The summed E-state index contributed by atoms with van der Waals surface area (Å²) in [7, 11) is 0. The zero-order chi connectivity index (χ0) is 19.9. The number of anilines is 1. The lowest BCUT2D eigenvalue weighted by Gasteiger charge is -2.12. The maximum Gasteiger partial charge on any atom is 0.331 e. The lowest BCUT2D eigenvalue weighted by Crippen LogP contribution is -2.29. The molecule has 2 aromatic carbocycles. The molecule has 5 nitrogen and oxygen atoms in total. The predicted octanol–water partition coefficient (Wildman–Crippen LogP) is 4.38. The quantitative estimate of drug-likeness (QED) is 0.513. The van der Waals surface area contributed by atoms with Gasteiger partial charge in [-0.25, -0.2) is 9.78 Å². The number of hydrogen-bond donors (Lipinski definition) is 1. The number of carbonyl (C=O) groups is 2. The fraction of sp³-hybridized carbons (Fsp3) is 0.174. The maximum absolute atomic E-state index is 12.2. The van der Waals surface area contributed by atoms with E-state index in [0.29, 0.717) is 11.4 Å². The number of amides is 1. The highest BCUT2D eigenvalue weighted by atomic mass is 16.5. The Balaban J connectivity index is 1.56. The Morgan fingerprint density at radius 3 is 2.57 bits per heavy atom. The van der Waals surface area contributed by atoms with Crippen molar-refractivity contribution in [2.75, 3.05) is 5.32 Å². The van der Waals surface area contributed by atoms with Crippen LogP contribution in [0.15, 0.2) is 66.7 Å². The maximum atomic E-state index is 12.2. The van der Waals surface area contributed by atoms with Gasteiger partial charge in [0.1, 0.15) is 0 Å². The van der Waals surface area contributed by atoms with Crippen LogP contribution in [0.4, 0.5) is 5.69 Å². The average Bonchev–Trinajstić information content (AvgIpc) is 2.72. The van der Waals surface area contributed by atoms with Gasteiger partial charge in [0, 0.05) is 17.1 Å². The number of carbonyl (C=O) groups excluding carboxylic acids is 2. The summed E-state index contributed by atoms with van der Waals surface area (Å²) in [6.07, 6.45) is 2.87. The minimum Gasteiger partial charge on any atom is -0.449 e. The van der Waals surface area contributed by atoms with E-state index < -0.39 is 12.1 Å². The Kier molecular flexibility index (Phi) is 6.17. The first kappa shape index (κ1) is 19.3. The number of aryl methyl sites for hydroxylation is 1. The van der Waals surface area contributed by atoms with Crippen LogP contribution in [0, 0.1) is 0 Å². The molecule has 0 spiro atoms. The summed E-state index contributed by atoms with van der Waals surface area (Å²) in [5, 5.41) is 3.77. The van der Waals surface area contributed by atoms with Crippen molar-refractivity contribution in [1.29, 1.82) is 0 Å². The number of aromatic nitrogens is 1. The Hall–Kier alpha value is -3.47. The van der Waals surface area contributed by atoms with Crippen LogP contribution in [0.5, 0.6) is 0 Å². The third-order valence-corrected chi connectivity index (χ3v) is 4.30. The molecule has 3 aromatic rings. The summed E-state index contributed by atoms with van der Waals surface area (Å²) in [6.45, 7) is 3.60. The van der Waals surface area contributed by atoms with Gasteiger partial charge in [-0.15, -0.1) is 0 Å². The molecule has 0 aliphatic heterocycles. The van der Waals surface area contributed by atoms with E-state index in [0.717, 1.165) is 17.3 Å². The van der Waals surface area contributed by atoms with Crippen LogP contribution in [0.1, 0.15) is 25.1 Å². The van der Waals surface area contributed by atoms with Gasteiger partial charge < -0.3 is 10.1 Å². The summed E-state index contributed by atoms with van der Waals surface area (Å²) < 4.78 is 5.17. The Labute approximate surface area is 164 Å². The second kappa shape index (κ2) is 8.95. The van der Waals surface area contributed by atoms with Gasteiger partial charge in [0.15, 0.2) is 6.10 Å². The molecule has 1 aromatic heterocycles. The van der Waals surface area contributed by atoms with Crippen molar-refractivity contribution in [1.82, 2.24) is 4.98 Å². The topological polar surface area (TPSA) is 68.3 Å². The number of ether oxygens (including phenoxy) is 1. The smallest absolute Gasteiger partial charge is 0.331 e. The minimum absolute atomic E-state index is 0.380. The zero-order valence-corrected chi connectivity index (χ0v) is 15.9. The number of pyridine rings is 1. The highest BCUT2D eigenvalue weighted by Gasteiger charge is 2.16. The van der Waals surface area contributed by atoms with Gasteiger partial charge in [-0.2, -0.15) is 0 Å². The molecule has 0 bridgehead atoms. The van der Waals surface area contributed by atoms with E-state index in [1.807, 2.05) is 60.7 Å².